The molecule has 5 nitrogen and oxygen atoms in total. The minimum atomic E-state index is 0. The lowest BCUT2D eigenvalue weighted by Crippen LogP contribution is -2.53. The number of nitrogens with one attached hydrogen (secondary N) is 1. The van der Waals surface area contributed by atoms with E-state index in [4.69, 9.17) is 4.52 Å². The summed E-state index contributed by atoms with van der Waals surface area (Å²) < 4.78 is 5.71. The molecule has 2 heterocycles. The average molecular weight is 464 g/mol. The Morgan fingerprint density at radius 1 is 1.33 bits per heavy atom. The Bertz CT molecular complexity index is 544. The van der Waals surface area contributed by atoms with Crippen LogP contribution in [0.15, 0.2) is 9.52 Å². The molecule has 0 aromatic carbocycles. The molecule has 1 aromatic heterocycles. The van der Waals surface area contributed by atoms with Crippen molar-refractivity contribution in [3.8, 4) is 0 Å². The van der Waals surface area contributed by atoms with Crippen molar-refractivity contribution in [1.29, 1.82) is 0 Å². The number of hydrogen-bond donors (Lipinski definition) is 1. The molecule has 1 spiro atoms. The number of rotatable bonds is 2. The zero-order chi connectivity index (χ0) is 16.3. The van der Waals surface area contributed by atoms with Crippen molar-refractivity contribution in [2.24, 2.45) is 4.99 Å². The van der Waals surface area contributed by atoms with E-state index in [1.165, 1.54) is 37.9 Å². The molecule has 1 saturated carbocycles. The van der Waals surface area contributed by atoms with Crippen LogP contribution in [-0.2, 0) is 6.54 Å². The van der Waals surface area contributed by atoms with Gasteiger partial charge in [-0.2, -0.15) is 11.8 Å². The minimum absolute atomic E-state index is 0. The van der Waals surface area contributed by atoms with Crippen molar-refractivity contribution in [2.45, 2.75) is 57.2 Å². The molecule has 0 amide bonds. The van der Waals surface area contributed by atoms with Gasteiger partial charge in [-0.3, -0.25) is 4.99 Å². The Morgan fingerprint density at radius 3 is 2.71 bits per heavy atom. The summed E-state index contributed by atoms with van der Waals surface area (Å²) in [5, 5.41) is 7.54. The molecule has 1 aliphatic carbocycles. The normalized spacial score (nSPS) is 20.8. The first-order valence-electron chi connectivity index (χ1n) is 8.65. The largest absolute Gasteiger partial charge is 0.361 e. The van der Waals surface area contributed by atoms with Gasteiger partial charge in [-0.15, -0.1) is 24.0 Å². The molecule has 0 radical (unpaired) electrons. The Morgan fingerprint density at radius 2 is 2.08 bits per heavy atom. The highest BCUT2D eigenvalue weighted by Crippen LogP contribution is 2.42. The molecular formula is C17H29IN4OS. The Kier molecular flexibility index (Phi) is 7.27. The molecule has 0 bridgehead atoms. The zero-order valence-corrected chi connectivity index (χ0v) is 18.1. The second-order valence-electron chi connectivity index (χ2n) is 6.72. The third kappa shape index (κ3) is 4.39. The molecule has 0 atom stereocenters. The predicted octanol–water partition coefficient (Wildman–Crippen LogP) is 3.74. The average Bonchev–Trinajstić information content (AvgIpc) is 2.88. The van der Waals surface area contributed by atoms with E-state index in [9.17, 15) is 0 Å². The summed E-state index contributed by atoms with van der Waals surface area (Å²) in [6.45, 7) is 6.89. The predicted molar refractivity (Wildman–Crippen MR) is 111 cm³/mol. The molecule has 1 aromatic rings. The summed E-state index contributed by atoms with van der Waals surface area (Å²) in [6, 6.07) is 0. The first kappa shape index (κ1) is 19.9. The van der Waals surface area contributed by atoms with Crippen molar-refractivity contribution in [1.82, 2.24) is 15.4 Å². The number of aromatic nitrogens is 1. The molecule has 136 valence electrons. The van der Waals surface area contributed by atoms with Gasteiger partial charge < -0.3 is 14.7 Å². The van der Waals surface area contributed by atoms with E-state index in [0.29, 0.717) is 4.75 Å². The highest BCUT2D eigenvalue weighted by atomic mass is 127. The highest BCUT2D eigenvalue weighted by molar-refractivity contribution is 14.0. The van der Waals surface area contributed by atoms with E-state index in [2.05, 4.69) is 32.1 Å². The van der Waals surface area contributed by atoms with Crippen LogP contribution in [-0.4, -0.2) is 46.7 Å². The maximum Gasteiger partial charge on any atom is 0.193 e. The summed E-state index contributed by atoms with van der Waals surface area (Å²) in [7, 11) is 1.88. The molecule has 7 heteroatoms. The van der Waals surface area contributed by atoms with Crippen molar-refractivity contribution in [3.05, 3.63) is 17.0 Å². The summed E-state index contributed by atoms with van der Waals surface area (Å²) in [5.74, 6) is 3.10. The molecule has 1 N–H and O–H groups in total. The fourth-order valence-electron chi connectivity index (χ4n) is 3.78. The van der Waals surface area contributed by atoms with E-state index in [1.807, 2.05) is 20.9 Å². The molecule has 2 fully saturated rings. The van der Waals surface area contributed by atoms with Crippen molar-refractivity contribution < 1.29 is 4.52 Å². The smallest absolute Gasteiger partial charge is 0.193 e. The molecule has 24 heavy (non-hydrogen) atoms. The molecule has 0 unspecified atom stereocenters. The fourth-order valence-corrected chi connectivity index (χ4v) is 5.35. The lowest BCUT2D eigenvalue weighted by atomic mass is 9.87. The first-order valence-corrected chi connectivity index (χ1v) is 9.63. The monoisotopic (exact) mass is 464 g/mol. The number of thioether (sulfide) groups is 1. The number of aryl methyl sites for hydroxylation is 2. The van der Waals surface area contributed by atoms with Crippen LogP contribution in [0.5, 0.6) is 0 Å². The zero-order valence-electron chi connectivity index (χ0n) is 14.9. The van der Waals surface area contributed by atoms with E-state index >= 15 is 0 Å². The van der Waals surface area contributed by atoms with Gasteiger partial charge in [0.25, 0.3) is 0 Å². The quantitative estimate of drug-likeness (QED) is 0.411. The van der Waals surface area contributed by atoms with Crippen molar-refractivity contribution in [2.75, 3.05) is 25.9 Å². The Balaban J connectivity index is 0.00000208. The summed E-state index contributed by atoms with van der Waals surface area (Å²) in [5.41, 5.74) is 2.10. The first-order chi connectivity index (χ1) is 11.1. The van der Waals surface area contributed by atoms with Crippen LogP contribution >= 0.6 is 35.7 Å². The molecule has 2 aliphatic rings. The second kappa shape index (κ2) is 8.78. The molecule has 1 saturated heterocycles. The van der Waals surface area contributed by atoms with Crippen LogP contribution in [0, 0.1) is 13.8 Å². The summed E-state index contributed by atoms with van der Waals surface area (Å²) >= 11 is 2.19. The summed E-state index contributed by atoms with van der Waals surface area (Å²) in [6.07, 6.45) is 6.88. The van der Waals surface area contributed by atoms with Crippen LogP contribution < -0.4 is 5.32 Å². The van der Waals surface area contributed by atoms with Crippen molar-refractivity contribution >= 4 is 41.7 Å². The number of halogens is 1. The van der Waals surface area contributed by atoms with Gasteiger partial charge in [0.05, 0.1) is 5.69 Å². The van der Waals surface area contributed by atoms with Crippen LogP contribution in [0.2, 0.25) is 0 Å². The third-order valence-corrected chi connectivity index (χ3v) is 6.67. The SMILES string of the molecule is CN=C(NCc1c(C)noc1C)N1CCSC2(CCCCC2)C1.I. The highest BCUT2D eigenvalue weighted by Gasteiger charge is 2.38. The van der Waals surface area contributed by atoms with Gasteiger partial charge in [0.2, 0.25) is 0 Å². The topological polar surface area (TPSA) is 53.7 Å². The fraction of sp³-hybridized carbons (Fsp3) is 0.765. The van der Waals surface area contributed by atoms with E-state index < -0.39 is 0 Å². The second-order valence-corrected chi connectivity index (χ2v) is 8.28. The summed E-state index contributed by atoms with van der Waals surface area (Å²) in [4.78, 5) is 6.96. The molecule has 3 rings (SSSR count). The number of nitrogens with zero attached hydrogens (tertiary/aromatic N) is 3. The number of hydrogen-bond acceptors (Lipinski definition) is 4. The van der Waals surface area contributed by atoms with Gasteiger partial charge in [0.1, 0.15) is 5.76 Å². The Hall–Kier alpha value is -0.440. The number of guanidine groups is 1. The van der Waals surface area contributed by atoms with Crippen molar-refractivity contribution in [3.63, 3.8) is 0 Å². The van der Waals surface area contributed by atoms with Gasteiger partial charge in [-0.1, -0.05) is 24.4 Å². The maximum absolute atomic E-state index is 5.25. The van der Waals surface area contributed by atoms with E-state index in [1.54, 1.807) is 0 Å². The van der Waals surface area contributed by atoms with Gasteiger partial charge >= 0.3 is 0 Å². The van der Waals surface area contributed by atoms with Crippen LogP contribution in [0.25, 0.3) is 0 Å². The lowest BCUT2D eigenvalue weighted by Gasteiger charge is -2.45. The van der Waals surface area contributed by atoms with Crippen LogP contribution in [0.3, 0.4) is 0 Å². The number of aliphatic imine (C=N–C) groups is 1. The Labute approximate surface area is 166 Å². The standard InChI is InChI=1S/C17H28N4OS.HI/c1-13-15(14(2)22-20-13)11-19-16(18-3)21-9-10-23-17(12-21)7-5-4-6-8-17;/h4-12H2,1-3H3,(H,18,19);1H. The molecule has 1 aliphatic heterocycles. The van der Waals surface area contributed by atoms with Gasteiger partial charge in [0.15, 0.2) is 5.96 Å². The minimum Gasteiger partial charge on any atom is -0.361 e. The van der Waals surface area contributed by atoms with Crippen LogP contribution in [0.4, 0.5) is 0 Å². The van der Waals surface area contributed by atoms with Crippen LogP contribution in [0.1, 0.15) is 49.1 Å². The lowest BCUT2D eigenvalue weighted by molar-refractivity contribution is 0.293. The molecular weight excluding hydrogens is 435 g/mol. The third-order valence-electron chi connectivity index (χ3n) is 5.13. The van der Waals surface area contributed by atoms with E-state index in [0.717, 1.165) is 42.6 Å². The van der Waals surface area contributed by atoms with Gasteiger partial charge in [-0.05, 0) is 26.7 Å². The van der Waals surface area contributed by atoms with Gasteiger partial charge in [-0.25, -0.2) is 0 Å². The maximum atomic E-state index is 5.25. The van der Waals surface area contributed by atoms with E-state index in [-0.39, 0.29) is 24.0 Å². The van der Waals surface area contributed by atoms with Gasteiger partial charge in [0, 0.05) is 42.7 Å².